The fraction of sp³-hybridized carbons (Fsp3) is 0.625. The highest BCUT2D eigenvalue weighted by Gasteiger charge is 2.60. The van der Waals surface area contributed by atoms with E-state index in [0.717, 1.165) is 29.3 Å². The van der Waals surface area contributed by atoms with Crippen LogP contribution in [-0.4, -0.2) is 29.8 Å². The fourth-order valence-corrected chi connectivity index (χ4v) is 4.17. The van der Waals surface area contributed by atoms with E-state index in [1.54, 1.807) is 23.6 Å². The number of hydrogen-bond acceptors (Lipinski definition) is 5. The Morgan fingerprint density at radius 1 is 1.57 bits per heavy atom. The summed E-state index contributed by atoms with van der Waals surface area (Å²) in [4.78, 5) is 17.2. The smallest absolute Gasteiger partial charge is 0.331 e. The first kappa shape index (κ1) is 14.7. The van der Waals surface area contributed by atoms with Crippen molar-refractivity contribution in [2.24, 2.45) is 11.3 Å². The van der Waals surface area contributed by atoms with Crippen LogP contribution in [0.1, 0.15) is 36.6 Å². The summed E-state index contributed by atoms with van der Waals surface area (Å²) in [6.45, 7) is 7.01. The van der Waals surface area contributed by atoms with Gasteiger partial charge in [0.2, 0.25) is 0 Å². The molecule has 1 aromatic rings. The van der Waals surface area contributed by atoms with Gasteiger partial charge in [-0.05, 0) is 25.8 Å². The third-order valence-electron chi connectivity index (χ3n) is 4.49. The van der Waals surface area contributed by atoms with Crippen molar-refractivity contribution in [3.05, 3.63) is 22.2 Å². The lowest BCUT2D eigenvalue weighted by molar-refractivity contribution is -0.252. The lowest BCUT2D eigenvalue weighted by Crippen LogP contribution is -2.65. The lowest BCUT2D eigenvalue weighted by atomic mass is 9.57. The molecule has 21 heavy (non-hydrogen) atoms. The first-order valence-electron chi connectivity index (χ1n) is 7.41. The summed E-state index contributed by atoms with van der Waals surface area (Å²) in [5, 5.41) is 0.991. The molecule has 1 aliphatic carbocycles. The quantitative estimate of drug-likeness (QED) is 0.635. The van der Waals surface area contributed by atoms with E-state index in [1.807, 2.05) is 6.92 Å². The van der Waals surface area contributed by atoms with E-state index in [0.29, 0.717) is 5.92 Å². The Hall–Kier alpha value is -1.20. The molecule has 3 rings (SSSR count). The van der Waals surface area contributed by atoms with E-state index < -0.39 is 0 Å². The third-order valence-corrected chi connectivity index (χ3v) is 5.37. The van der Waals surface area contributed by atoms with Crippen LogP contribution in [0.15, 0.2) is 12.3 Å². The van der Waals surface area contributed by atoms with Crippen molar-refractivity contribution in [3.63, 3.8) is 0 Å². The van der Waals surface area contributed by atoms with Crippen LogP contribution >= 0.6 is 11.3 Å². The number of ether oxygens (including phenoxy) is 2. The number of hydrogen-bond donors (Lipinski definition) is 0. The summed E-state index contributed by atoms with van der Waals surface area (Å²) < 4.78 is 11.5. The molecule has 1 saturated carbocycles. The molecule has 3 atom stereocenters. The Kier molecular flexibility index (Phi) is 3.88. The second-order valence-electron chi connectivity index (χ2n) is 6.39. The Labute approximate surface area is 129 Å². The summed E-state index contributed by atoms with van der Waals surface area (Å²) in [6.07, 6.45) is 7.38. The van der Waals surface area contributed by atoms with Gasteiger partial charge in [-0.15, -0.1) is 11.3 Å². The van der Waals surface area contributed by atoms with E-state index in [9.17, 15) is 4.79 Å². The second-order valence-corrected chi connectivity index (χ2v) is 7.66. The number of aryl methyl sites for hydroxylation is 1. The molecule has 114 valence electrons. The van der Waals surface area contributed by atoms with Crippen molar-refractivity contribution < 1.29 is 14.3 Å². The molecule has 1 aliphatic heterocycles. The predicted octanol–water partition coefficient (Wildman–Crippen LogP) is 3.21. The van der Waals surface area contributed by atoms with E-state index in [1.165, 1.54) is 6.08 Å². The van der Waals surface area contributed by atoms with Gasteiger partial charge in [-0.2, -0.15) is 0 Å². The van der Waals surface area contributed by atoms with E-state index in [-0.39, 0.29) is 23.6 Å². The SMILES string of the molecule is Cc1ncc(/C=C/C(=O)O[C@@H]2[C@H]3CCCO[C@H]3C2(C)C)s1. The molecule has 2 heterocycles. The van der Waals surface area contributed by atoms with Crippen LogP contribution in [0, 0.1) is 18.3 Å². The molecule has 0 aromatic carbocycles. The number of aromatic nitrogens is 1. The van der Waals surface area contributed by atoms with Crippen LogP contribution in [0.5, 0.6) is 0 Å². The molecule has 1 aromatic heterocycles. The fourth-order valence-electron chi connectivity index (χ4n) is 3.48. The minimum absolute atomic E-state index is 0.0388. The zero-order valence-electron chi connectivity index (χ0n) is 12.7. The molecule has 5 heteroatoms. The number of carbonyl (C=O) groups excluding carboxylic acids is 1. The van der Waals surface area contributed by atoms with Gasteiger partial charge < -0.3 is 9.47 Å². The highest BCUT2D eigenvalue weighted by atomic mass is 32.1. The van der Waals surface area contributed by atoms with Crippen LogP contribution in [-0.2, 0) is 14.3 Å². The minimum Gasteiger partial charge on any atom is -0.458 e. The number of thiazole rings is 1. The van der Waals surface area contributed by atoms with Crippen LogP contribution in [0.25, 0.3) is 6.08 Å². The van der Waals surface area contributed by atoms with Crippen molar-refractivity contribution >= 4 is 23.4 Å². The number of fused-ring (bicyclic) bond motifs is 1. The van der Waals surface area contributed by atoms with Crippen LogP contribution in [0.2, 0.25) is 0 Å². The van der Waals surface area contributed by atoms with Crippen molar-refractivity contribution in [1.82, 2.24) is 4.98 Å². The maximum absolute atomic E-state index is 12.0. The van der Waals surface area contributed by atoms with Crippen LogP contribution < -0.4 is 0 Å². The van der Waals surface area contributed by atoms with E-state index >= 15 is 0 Å². The van der Waals surface area contributed by atoms with Crippen LogP contribution in [0.4, 0.5) is 0 Å². The highest BCUT2D eigenvalue weighted by molar-refractivity contribution is 7.12. The maximum atomic E-state index is 12.0. The molecule has 2 aliphatic rings. The molecular weight excluding hydrogens is 286 g/mol. The van der Waals surface area contributed by atoms with Gasteiger partial charge in [0.1, 0.15) is 6.10 Å². The highest BCUT2D eigenvalue weighted by Crippen LogP contribution is 2.52. The zero-order valence-corrected chi connectivity index (χ0v) is 13.5. The molecule has 0 spiro atoms. The molecule has 4 nitrogen and oxygen atoms in total. The maximum Gasteiger partial charge on any atom is 0.331 e. The number of carbonyl (C=O) groups is 1. The Balaban J connectivity index is 1.61. The number of esters is 1. The normalized spacial score (nSPS) is 30.7. The third kappa shape index (κ3) is 2.77. The molecule has 0 radical (unpaired) electrons. The minimum atomic E-state index is -0.275. The summed E-state index contributed by atoms with van der Waals surface area (Å²) in [6, 6.07) is 0. The van der Waals surface area contributed by atoms with E-state index in [2.05, 4.69) is 18.8 Å². The Morgan fingerprint density at radius 3 is 3.10 bits per heavy atom. The summed E-state index contributed by atoms with van der Waals surface area (Å²) in [7, 11) is 0. The standard InChI is InChI=1S/C16H21NO3S/c1-10-17-9-11(21-10)6-7-13(18)20-15-12-5-4-8-19-14(12)16(15,2)3/h6-7,9,12,14-15H,4-5,8H2,1-3H3/b7-6+/t12-,14+,15+/m0/s1. The second kappa shape index (κ2) is 5.54. The zero-order chi connectivity index (χ0) is 15.0. The first-order chi connectivity index (χ1) is 9.98. The van der Waals surface area contributed by atoms with Gasteiger partial charge in [0.05, 0.1) is 11.1 Å². The first-order valence-corrected chi connectivity index (χ1v) is 8.23. The van der Waals surface area contributed by atoms with Crippen molar-refractivity contribution in [3.8, 4) is 0 Å². The predicted molar refractivity (Wildman–Crippen MR) is 82.0 cm³/mol. The molecule has 0 unspecified atom stereocenters. The topological polar surface area (TPSA) is 48.4 Å². The summed E-state index contributed by atoms with van der Waals surface area (Å²) in [5.74, 6) is 0.0832. The average Bonchev–Trinajstić information content (AvgIpc) is 2.88. The van der Waals surface area contributed by atoms with Crippen molar-refractivity contribution in [2.75, 3.05) is 6.61 Å². The Bertz CT molecular complexity index is 564. The van der Waals surface area contributed by atoms with Crippen LogP contribution in [0.3, 0.4) is 0 Å². The van der Waals surface area contributed by atoms with Gasteiger partial charge in [-0.25, -0.2) is 9.78 Å². The van der Waals surface area contributed by atoms with Gasteiger partial charge in [-0.1, -0.05) is 13.8 Å². The summed E-state index contributed by atoms with van der Waals surface area (Å²) >= 11 is 1.56. The van der Waals surface area contributed by atoms with Gasteiger partial charge in [0, 0.05) is 35.1 Å². The van der Waals surface area contributed by atoms with Gasteiger partial charge in [-0.3, -0.25) is 0 Å². The molecule has 2 fully saturated rings. The largest absolute Gasteiger partial charge is 0.458 e. The van der Waals surface area contributed by atoms with Crippen molar-refractivity contribution in [2.45, 2.75) is 45.8 Å². The van der Waals surface area contributed by atoms with E-state index in [4.69, 9.17) is 9.47 Å². The monoisotopic (exact) mass is 307 g/mol. The molecule has 0 bridgehead atoms. The van der Waals surface area contributed by atoms with Crippen molar-refractivity contribution in [1.29, 1.82) is 0 Å². The van der Waals surface area contributed by atoms with Gasteiger partial charge >= 0.3 is 5.97 Å². The average molecular weight is 307 g/mol. The van der Waals surface area contributed by atoms with Gasteiger partial charge in [0.15, 0.2) is 0 Å². The number of rotatable bonds is 3. The molecule has 1 saturated heterocycles. The lowest BCUT2D eigenvalue weighted by Gasteiger charge is -2.58. The number of nitrogens with zero attached hydrogens (tertiary/aromatic N) is 1. The molecule has 0 amide bonds. The Morgan fingerprint density at radius 2 is 2.38 bits per heavy atom. The van der Waals surface area contributed by atoms with Gasteiger partial charge in [0.25, 0.3) is 0 Å². The summed E-state index contributed by atoms with van der Waals surface area (Å²) in [5.41, 5.74) is -0.0876. The molecule has 0 N–H and O–H groups in total. The molecular formula is C16H21NO3S.